The van der Waals surface area contributed by atoms with Gasteiger partial charge >= 0.3 is 0 Å². The molecule has 0 saturated carbocycles. The number of nitro groups is 1. The van der Waals surface area contributed by atoms with Gasteiger partial charge in [-0.25, -0.2) is 4.39 Å². The highest BCUT2D eigenvalue weighted by Gasteiger charge is 2.17. The van der Waals surface area contributed by atoms with Gasteiger partial charge in [-0.05, 0) is 42.8 Å². The molecular weight excluding hydrogens is 281 g/mol. The first kappa shape index (κ1) is 14.5. The van der Waals surface area contributed by atoms with Crippen molar-refractivity contribution in [2.45, 2.75) is 22.8 Å². The Morgan fingerprint density at radius 2 is 1.90 bits per heavy atom. The van der Waals surface area contributed by atoms with Crippen LogP contribution in [0.2, 0.25) is 0 Å². The Kier molecular flexibility index (Phi) is 4.36. The molecule has 0 aromatic heterocycles. The lowest BCUT2D eigenvalue weighted by Gasteiger charge is -2.07. The van der Waals surface area contributed by atoms with Gasteiger partial charge in [0.25, 0.3) is 5.69 Å². The molecule has 2 aromatic rings. The molecule has 2 rings (SSSR count). The number of hydrogen-bond acceptors (Lipinski definition) is 4. The Labute approximate surface area is 119 Å². The minimum atomic E-state index is -0.765. The van der Waals surface area contributed by atoms with Crippen molar-refractivity contribution in [3.63, 3.8) is 0 Å². The molecular formula is C14H12FNO3S. The topological polar surface area (TPSA) is 63.4 Å². The van der Waals surface area contributed by atoms with Crippen LogP contribution >= 0.6 is 11.8 Å². The van der Waals surface area contributed by atoms with E-state index in [0.29, 0.717) is 15.4 Å². The van der Waals surface area contributed by atoms with E-state index in [1.807, 2.05) is 0 Å². The summed E-state index contributed by atoms with van der Waals surface area (Å²) in [6.45, 7) is 1.55. The molecule has 0 bridgehead atoms. The van der Waals surface area contributed by atoms with E-state index in [1.54, 1.807) is 31.2 Å². The molecule has 1 unspecified atom stereocenters. The lowest BCUT2D eigenvalue weighted by atomic mass is 10.1. The lowest BCUT2D eigenvalue weighted by molar-refractivity contribution is -0.387. The second-order valence-corrected chi connectivity index (χ2v) is 5.33. The molecule has 0 aliphatic rings. The van der Waals surface area contributed by atoms with E-state index < -0.39 is 11.0 Å². The first-order chi connectivity index (χ1) is 9.47. The Hall–Kier alpha value is -1.92. The molecule has 0 aliphatic heterocycles. The standard InChI is InChI=1S/C14H12FNO3S/c1-9(17)10-2-7-14(13(8-10)16(18)19)20-12-5-3-11(15)4-6-12/h2-9,17H,1H3. The maximum Gasteiger partial charge on any atom is 0.283 e. The van der Waals surface area contributed by atoms with Crippen LogP contribution in [0.3, 0.4) is 0 Å². The van der Waals surface area contributed by atoms with Gasteiger partial charge < -0.3 is 5.11 Å². The highest BCUT2D eigenvalue weighted by Crippen LogP contribution is 2.36. The van der Waals surface area contributed by atoms with Crippen LogP contribution in [0, 0.1) is 15.9 Å². The summed E-state index contributed by atoms with van der Waals surface area (Å²) in [6.07, 6.45) is -0.765. The highest BCUT2D eigenvalue weighted by molar-refractivity contribution is 7.99. The molecule has 20 heavy (non-hydrogen) atoms. The van der Waals surface area contributed by atoms with Gasteiger partial charge in [0.05, 0.1) is 15.9 Å². The second-order valence-electron chi connectivity index (χ2n) is 4.22. The van der Waals surface area contributed by atoms with Gasteiger partial charge in [0.15, 0.2) is 0 Å². The Morgan fingerprint density at radius 1 is 1.25 bits per heavy atom. The van der Waals surface area contributed by atoms with Gasteiger partial charge in [-0.15, -0.1) is 0 Å². The zero-order valence-electron chi connectivity index (χ0n) is 10.6. The van der Waals surface area contributed by atoms with Gasteiger partial charge in [-0.1, -0.05) is 17.8 Å². The summed E-state index contributed by atoms with van der Waals surface area (Å²) < 4.78 is 12.8. The number of aliphatic hydroxyl groups excluding tert-OH is 1. The second kappa shape index (κ2) is 6.02. The number of aliphatic hydroxyl groups is 1. The van der Waals surface area contributed by atoms with E-state index in [9.17, 15) is 19.6 Å². The number of halogens is 1. The van der Waals surface area contributed by atoms with Crippen molar-refractivity contribution in [2.75, 3.05) is 0 Å². The first-order valence-corrected chi connectivity index (χ1v) is 6.69. The average Bonchev–Trinajstić information content (AvgIpc) is 2.41. The van der Waals surface area contributed by atoms with Gasteiger partial charge in [0.2, 0.25) is 0 Å². The van der Waals surface area contributed by atoms with Crippen molar-refractivity contribution in [3.05, 3.63) is 64.0 Å². The van der Waals surface area contributed by atoms with Crippen molar-refractivity contribution in [2.24, 2.45) is 0 Å². The van der Waals surface area contributed by atoms with Crippen molar-refractivity contribution < 1.29 is 14.4 Å². The van der Waals surface area contributed by atoms with Crippen molar-refractivity contribution >= 4 is 17.4 Å². The molecule has 2 aromatic carbocycles. The smallest absolute Gasteiger partial charge is 0.283 e. The number of nitrogens with zero attached hydrogens (tertiary/aromatic N) is 1. The van der Waals surface area contributed by atoms with Gasteiger partial charge in [0, 0.05) is 11.0 Å². The van der Waals surface area contributed by atoms with Crippen LogP contribution in [0.5, 0.6) is 0 Å². The molecule has 0 amide bonds. The zero-order valence-corrected chi connectivity index (χ0v) is 11.4. The predicted molar refractivity (Wildman–Crippen MR) is 74.3 cm³/mol. The summed E-state index contributed by atoms with van der Waals surface area (Å²) in [4.78, 5) is 11.8. The van der Waals surface area contributed by atoms with Gasteiger partial charge in [0.1, 0.15) is 5.82 Å². The normalized spacial score (nSPS) is 12.2. The monoisotopic (exact) mass is 293 g/mol. The summed E-state index contributed by atoms with van der Waals surface area (Å²) in [7, 11) is 0. The minimum absolute atomic E-state index is 0.0716. The Bertz CT molecular complexity index is 629. The maximum atomic E-state index is 12.8. The third-order valence-corrected chi connectivity index (χ3v) is 3.78. The van der Waals surface area contributed by atoms with Crippen LogP contribution in [0.25, 0.3) is 0 Å². The van der Waals surface area contributed by atoms with E-state index in [0.717, 1.165) is 0 Å². The van der Waals surface area contributed by atoms with Crippen molar-refractivity contribution in [1.82, 2.24) is 0 Å². The van der Waals surface area contributed by atoms with E-state index in [1.165, 1.54) is 30.0 Å². The van der Waals surface area contributed by atoms with Crippen LogP contribution in [-0.4, -0.2) is 10.0 Å². The third kappa shape index (κ3) is 3.34. The Balaban J connectivity index is 2.35. The number of hydrogen-bond donors (Lipinski definition) is 1. The highest BCUT2D eigenvalue weighted by atomic mass is 32.2. The third-order valence-electron chi connectivity index (χ3n) is 2.70. The average molecular weight is 293 g/mol. The molecule has 0 aliphatic carbocycles. The van der Waals surface area contributed by atoms with E-state index in [4.69, 9.17) is 0 Å². The fraction of sp³-hybridized carbons (Fsp3) is 0.143. The minimum Gasteiger partial charge on any atom is -0.389 e. The van der Waals surface area contributed by atoms with Crippen LogP contribution < -0.4 is 0 Å². The fourth-order valence-electron chi connectivity index (χ4n) is 1.65. The molecule has 1 atom stereocenters. The van der Waals surface area contributed by atoms with Crippen molar-refractivity contribution in [3.8, 4) is 0 Å². The SMILES string of the molecule is CC(O)c1ccc(Sc2ccc(F)cc2)c([N+](=O)[O-])c1. The zero-order chi connectivity index (χ0) is 14.7. The fourth-order valence-corrected chi connectivity index (χ4v) is 2.55. The van der Waals surface area contributed by atoms with E-state index in [2.05, 4.69) is 0 Å². The molecule has 0 saturated heterocycles. The summed E-state index contributed by atoms with van der Waals surface area (Å²) in [6, 6.07) is 10.3. The molecule has 6 heteroatoms. The molecule has 4 nitrogen and oxygen atoms in total. The van der Waals surface area contributed by atoms with Crippen LogP contribution in [0.4, 0.5) is 10.1 Å². The molecule has 104 valence electrons. The van der Waals surface area contributed by atoms with Crippen LogP contribution in [-0.2, 0) is 0 Å². The van der Waals surface area contributed by atoms with Crippen LogP contribution in [0.1, 0.15) is 18.6 Å². The van der Waals surface area contributed by atoms with Gasteiger partial charge in [-0.3, -0.25) is 10.1 Å². The van der Waals surface area contributed by atoms with E-state index >= 15 is 0 Å². The number of nitro benzene ring substituents is 1. The quantitative estimate of drug-likeness (QED) is 0.685. The number of benzene rings is 2. The van der Waals surface area contributed by atoms with Crippen molar-refractivity contribution in [1.29, 1.82) is 0 Å². The van der Waals surface area contributed by atoms with E-state index in [-0.39, 0.29) is 11.5 Å². The van der Waals surface area contributed by atoms with Crippen LogP contribution in [0.15, 0.2) is 52.3 Å². The maximum absolute atomic E-state index is 12.8. The molecule has 1 N–H and O–H groups in total. The lowest BCUT2D eigenvalue weighted by Crippen LogP contribution is -1.96. The van der Waals surface area contributed by atoms with Gasteiger partial charge in [-0.2, -0.15) is 0 Å². The Morgan fingerprint density at radius 3 is 2.45 bits per heavy atom. The molecule has 0 heterocycles. The predicted octanol–water partition coefficient (Wildman–Crippen LogP) is 3.94. The molecule has 0 spiro atoms. The number of rotatable bonds is 4. The summed E-state index contributed by atoms with van der Waals surface area (Å²) >= 11 is 1.18. The summed E-state index contributed by atoms with van der Waals surface area (Å²) in [5, 5.41) is 20.6. The first-order valence-electron chi connectivity index (χ1n) is 5.87. The molecule has 0 fully saturated rings. The largest absolute Gasteiger partial charge is 0.389 e. The molecule has 0 radical (unpaired) electrons. The summed E-state index contributed by atoms with van der Waals surface area (Å²) in [5.74, 6) is -0.353. The summed E-state index contributed by atoms with van der Waals surface area (Å²) in [5.41, 5.74) is 0.415.